The summed E-state index contributed by atoms with van der Waals surface area (Å²) in [5.74, 6) is -0.334. The Balaban J connectivity index is 2.02. The Hall–Kier alpha value is -2.60. The molecule has 2 rings (SSSR count). The third kappa shape index (κ3) is 4.20. The van der Waals surface area contributed by atoms with Crippen LogP contribution in [-0.2, 0) is 4.74 Å². The number of amides is 1. The summed E-state index contributed by atoms with van der Waals surface area (Å²) in [4.78, 5) is 12.1. The van der Waals surface area contributed by atoms with E-state index in [2.05, 4.69) is 5.32 Å². The number of nitrogen functional groups attached to an aromatic ring is 1. The van der Waals surface area contributed by atoms with Crippen molar-refractivity contribution < 1.29 is 18.7 Å². The molecule has 0 heterocycles. The van der Waals surface area contributed by atoms with Crippen molar-refractivity contribution in [1.29, 1.82) is 0 Å². The summed E-state index contributed by atoms with van der Waals surface area (Å²) in [6.45, 7) is 0.910. The Morgan fingerprint density at radius 2 is 1.91 bits per heavy atom. The maximum Gasteiger partial charge on any atom is 0.255 e. The summed E-state index contributed by atoms with van der Waals surface area (Å²) in [6, 6.07) is 10.5. The van der Waals surface area contributed by atoms with Crippen LogP contribution in [0.15, 0.2) is 42.5 Å². The zero-order valence-corrected chi connectivity index (χ0v) is 12.1. The molecule has 2 aromatic rings. The largest absolute Gasteiger partial charge is 0.491 e. The number of anilines is 2. The van der Waals surface area contributed by atoms with E-state index in [1.165, 1.54) is 18.2 Å². The lowest BCUT2D eigenvalue weighted by atomic mass is 10.2. The van der Waals surface area contributed by atoms with Crippen molar-refractivity contribution in [1.82, 2.24) is 0 Å². The number of hydrogen-bond donors (Lipinski definition) is 2. The zero-order chi connectivity index (χ0) is 15.9. The van der Waals surface area contributed by atoms with Gasteiger partial charge in [0.25, 0.3) is 5.91 Å². The molecule has 0 bridgehead atoms. The van der Waals surface area contributed by atoms with Crippen molar-refractivity contribution >= 4 is 17.3 Å². The molecule has 0 unspecified atom stereocenters. The fraction of sp³-hybridized carbons (Fsp3) is 0.188. The van der Waals surface area contributed by atoms with Crippen LogP contribution in [0, 0.1) is 5.82 Å². The molecule has 6 heteroatoms. The molecule has 2 aromatic carbocycles. The van der Waals surface area contributed by atoms with Gasteiger partial charge in [0.15, 0.2) is 0 Å². The van der Waals surface area contributed by atoms with Crippen molar-refractivity contribution in [2.45, 2.75) is 0 Å². The molecule has 0 aliphatic carbocycles. The van der Waals surface area contributed by atoms with Gasteiger partial charge in [0, 0.05) is 18.4 Å². The first-order chi connectivity index (χ1) is 10.6. The van der Waals surface area contributed by atoms with Gasteiger partial charge in [-0.15, -0.1) is 0 Å². The molecule has 0 saturated heterocycles. The van der Waals surface area contributed by atoms with Crippen molar-refractivity contribution in [2.24, 2.45) is 0 Å². The van der Waals surface area contributed by atoms with Gasteiger partial charge >= 0.3 is 0 Å². The molecule has 0 atom stereocenters. The van der Waals surface area contributed by atoms with Crippen LogP contribution in [-0.4, -0.2) is 26.2 Å². The van der Waals surface area contributed by atoms with E-state index in [1.807, 2.05) is 0 Å². The van der Waals surface area contributed by atoms with Gasteiger partial charge in [0.1, 0.15) is 18.2 Å². The Bertz CT molecular complexity index is 644. The molecule has 0 radical (unpaired) electrons. The Morgan fingerprint density at radius 1 is 1.18 bits per heavy atom. The van der Waals surface area contributed by atoms with E-state index in [4.69, 9.17) is 15.2 Å². The van der Waals surface area contributed by atoms with Gasteiger partial charge in [0.2, 0.25) is 0 Å². The van der Waals surface area contributed by atoms with Crippen molar-refractivity contribution in [2.75, 3.05) is 31.4 Å². The minimum atomic E-state index is -0.540. The van der Waals surface area contributed by atoms with E-state index >= 15 is 0 Å². The highest BCUT2D eigenvalue weighted by atomic mass is 19.1. The fourth-order valence-corrected chi connectivity index (χ4v) is 1.78. The van der Waals surface area contributed by atoms with Gasteiger partial charge in [-0.3, -0.25) is 4.79 Å². The van der Waals surface area contributed by atoms with Crippen LogP contribution in [0.3, 0.4) is 0 Å². The molecule has 0 fully saturated rings. The lowest BCUT2D eigenvalue weighted by molar-refractivity contribution is 0.102. The van der Waals surface area contributed by atoms with Gasteiger partial charge in [0.05, 0.1) is 12.3 Å². The average Bonchev–Trinajstić information content (AvgIpc) is 2.52. The zero-order valence-electron chi connectivity index (χ0n) is 12.1. The highest BCUT2D eigenvalue weighted by molar-refractivity contribution is 6.04. The Morgan fingerprint density at radius 3 is 2.59 bits per heavy atom. The second kappa shape index (κ2) is 7.42. The minimum absolute atomic E-state index is 0.0467. The normalized spacial score (nSPS) is 10.3. The van der Waals surface area contributed by atoms with Crippen molar-refractivity contribution in [3.8, 4) is 5.75 Å². The number of carbonyl (C=O) groups excluding carboxylic acids is 1. The quantitative estimate of drug-likeness (QED) is 0.635. The number of hydrogen-bond acceptors (Lipinski definition) is 4. The number of carbonyl (C=O) groups is 1. The summed E-state index contributed by atoms with van der Waals surface area (Å²) in [5, 5.41) is 2.48. The molecule has 22 heavy (non-hydrogen) atoms. The number of ether oxygens (including phenoxy) is 2. The first-order valence-electron chi connectivity index (χ1n) is 6.68. The first kappa shape index (κ1) is 15.8. The fourth-order valence-electron chi connectivity index (χ4n) is 1.78. The van der Waals surface area contributed by atoms with Gasteiger partial charge in [-0.05, 0) is 42.5 Å². The van der Waals surface area contributed by atoms with Crippen LogP contribution in [0.5, 0.6) is 5.75 Å². The van der Waals surface area contributed by atoms with Crippen LogP contribution in [0.4, 0.5) is 15.8 Å². The van der Waals surface area contributed by atoms with Gasteiger partial charge in [-0.1, -0.05) is 0 Å². The minimum Gasteiger partial charge on any atom is -0.491 e. The highest BCUT2D eigenvalue weighted by Gasteiger charge is 2.10. The molecule has 0 aromatic heterocycles. The second-order valence-electron chi connectivity index (χ2n) is 4.56. The first-order valence-corrected chi connectivity index (χ1v) is 6.68. The predicted molar refractivity (Wildman–Crippen MR) is 82.6 cm³/mol. The monoisotopic (exact) mass is 304 g/mol. The average molecular weight is 304 g/mol. The SMILES string of the molecule is COCCOc1ccc(C(=O)Nc2cc(N)ccc2F)cc1. The molecular formula is C16H17FN2O3. The van der Waals surface area contributed by atoms with E-state index in [0.717, 1.165) is 0 Å². The third-order valence-corrected chi connectivity index (χ3v) is 2.91. The second-order valence-corrected chi connectivity index (χ2v) is 4.56. The molecule has 3 N–H and O–H groups in total. The van der Waals surface area contributed by atoms with Crippen molar-refractivity contribution in [3.63, 3.8) is 0 Å². The summed E-state index contributed by atoms with van der Waals surface area (Å²) in [5.41, 5.74) is 6.39. The van der Waals surface area contributed by atoms with Crippen LogP contribution >= 0.6 is 0 Å². The third-order valence-electron chi connectivity index (χ3n) is 2.91. The van der Waals surface area contributed by atoms with Gasteiger partial charge in [-0.25, -0.2) is 4.39 Å². The van der Waals surface area contributed by atoms with Gasteiger partial charge in [-0.2, -0.15) is 0 Å². The van der Waals surface area contributed by atoms with Crippen LogP contribution in [0.2, 0.25) is 0 Å². The lowest BCUT2D eigenvalue weighted by Gasteiger charge is -2.09. The molecular weight excluding hydrogens is 287 g/mol. The maximum atomic E-state index is 13.6. The topological polar surface area (TPSA) is 73.6 Å². The Labute approximate surface area is 127 Å². The number of benzene rings is 2. The molecule has 0 saturated carbocycles. The van der Waals surface area contributed by atoms with Crippen LogP contribution in [0.25, 0.3) is 0 Å². The summed E-state index contributed by atoms with van der Waals surface area (Å²) >= 11 is 0. The molecule has 0 spiro atoms. The van der Waals surface area contributed by atoms with Crippen molar-refractivity contribution in [3.05, 3.63) is 53.8 Å². The predicted octanol–water partition coefficient (Wildman–Crippen LogP) is 2.69. The van der Waals surface area contributed by atoms with Gasteiger partial charge < -0.3 is 20.5 Å². The molecule has 1 amide bonds. The van der Waals surface area contributed by atoms with Crippen LogP contribution in [0.1, 0.15) is 10.4 Å². The molecule has 5 nitrogen and oxygen atoms in total. The molecule has 116 valence electrons. The molecule has 0 aliphatic rings. The number of nitrogens with two attached hydrogens (primary N) is 1. The number of rotatable bonds is 6. The summed E-state index contributed by atoms with van der Waals surface area (Å²) in [6.07, 6.45) is 0. The maximum absolute atomic E-state index is 13.6. The standard InChI is InChI=1S/C16H17FN2O3/c1-21-8-9-22-13-5-2-11(3-6-13)16(20)19-15-10-12(18)4-7-14(15)17/h2-7,10H,8-9,18H2,1H3,(H,19,20). The summed E-state index contributed by atoms with van der Waals surface area (Å²) < 4.78 is 23.9. The van der Waals surface area contributed by atoms with E-state index in [-0.39, 0.29) is 5.69 Å². The van der Waals surface area contributed by atoms with Crippen LogP contribution < -0.4 is 15.8 Å². The smallest absolute Gasteiger partial charge is 0.255 e. The lowest BCUT2D eigenvalue weighted by Crippen LogP contribution is -2.13. The highest BCUT2D eigenvalue weighted by Crippen LogP contribution is 2.19. The number of nitrogens with one attached hydrogen (secondary N) is 1. The van der Waals surface area contributed by atoms with E-state index in [0.29, 0.717) is 30.2 Å². The Kier molecular flexibility index (Phi) is 5.32. The summed E-state index contributed by atoms with van der Waals surface area (Å²) in [7, 11) is 1.59. The molecule has 0 aliphatic heterocycles. The number of methoxy groups -OCH3 is 1. The number of halogens is 1. The van der Waals surface area contributed by atoms with E-state index in [9.17, 15) is 9.18 Å². The van der Waals surface area contributed by atoms with E-state index < -0.39 is 11.7 Å². The van der Waals surface area contributed by atoms with E-state index in [1.54, 1.807) is 31.4 Å².